The standard InChI is InChI=1S/C9H23NO3Si.C8H20O2SSi.C7H16O5Si.C4H6Cl3OSi.Na.H2O.H/c1-4-11-14(12-5-2,13-6-3)9-7-8-10;1-4-9-12(3,10-5-2)8-6-7-11;1-10-13(11-2,12-3)6-4-5-7(8)9;5-9(6,7)4-2-1-3-8;;;/h4-10H2,1-3H3;11H,4-8H2,1-3H3;4-6H2,1-3H3,(H,8,9);1-2,4H2;;1H2;/q;;;2*+1;;-1. The quantitative estimate of drug-likeness (QED) is 0.0360. The van der Waals surface area contributed by atoms with Crippen LogP contribution in [0.3, 0.4) is 0 Å². The minimum atomic E-state index is -2.55. The molecule has 0 unspecified atom stereocenters. The number of unbranched alkanes of at least 4 members (excludes halogenated alkanes) is 1. The summed E-state index contributed by atoms with van der Waals surface area (Å²) in [4.78, 5) is 19.9. The predicted octanol–water partition coefficient (Wildman–Crippen LogP) is 3.39. The van der Waals surface area contributed by atoms with Crippen molar-refractivity contribution in [3.8, 4) is 0 Å². The maximum Gasteiger partial charge on any atom is 1.00 e. The molecule has 0 amide bonds. The number of carboxylic acids is 1. The Labute approximate surface area is 350 Å². The van der Waals surface area contributed by atoms with E-state index >= 15 is 0 Å². The minimum absolute atomic E-state index is 0. The van der Waals surface area contributed by atoms with Crippen LogP contribution < -0.4 is 35.3 Å². The van der Waals surface area contributed by atoms with E-state index in [-0.39, 0.29) is 42.9 Å². The fraction of sp³-hybridized carbons (Fsp3) is 0.929. The Morgan fingerprint density at radius 3 is 1.46 bits per heavy atom. The molecule has 0 aliphatic carbocycles. The van der Waals surface area contributed by atoms with Gasteiger partial charge in [0, 0.05) is 84.1 Å². The van der Waals surface area contributed by atoms with Crippen LogP contribution in [0.25, 0.3) is 0 Å². The van der Waals surface area contributed by atoms with E-state index in [0.717, 1.165) is 43.9 Å². The van der Waals surface area contributed by atoms with Crippen LogP contribution in [-0.4, -0.2) is 122 Å². The van der Waals surface area contributed by atoms with Crippen LogP contribution in [-0.2, 0) is 45.0 Å². The third-order valence-corrected chi connectivity index (χ3v) is 18.0. The van der Waals surface area contributed by atoms with Crippen LogP contribution in [0.2, 0.25) is 30.7 Å². The van der Waals surface area contributed by atoms with Crippen LogP contribution in [0.15, 0.2) is 0 Å². The molecule has 0 radical (unpaired) electrons. The minimum Gasteiger partial charge on any atom is -1.00 e. The summed E-state index contributed by atoms with van der Waals surface area (Å²) < 4.78 is 43.6. The first-order valence-electron chi connectivity index (χ1n) is 16.4. The zero-order chi connectivity index (χ0) is 38.0. The van der Waals surface area contributed by atoms with Gasteiger partial charge in [0.25, 0.3) is 0 Å². The molecule has 0 heterocycles. The molecule has 0 rings (SSSR count). The van der Waals surface area contributed by atoms with E-state index in [4.69, 9.17) is 79.5 Å². The molecule has 0 aliphatic rings. The molecule has 0 aliphatic heterocycles. The molecule has 0 saturated carbocycles. The van der Waals surface area contributed by atoms with Gasteiger partial charge in [-0.3, -0.25) is 4.79 Å². The van der Waals surface area contributed by atoms with E-state index in [2.05, 4.69) is 19.2 Å². The molecule has 0 aromatic rings. The molecular weight excluding hydrogens is 816 g/mol. The van der Waals surface area contributed by atoms with Gasteiger partial charge in [0.05, 0.1) is 0 Å². The second-order valence-corrected chi connectivity index (χ2v) is 28.8. The Balaban J connectivity index is -0.000000100. The van der Waals surface area contributed by atoms with Gasteiger partial charge in [0.15, 0.2) is 0 Å². The number of carbonyl (C=O) groups is 1. The number of carboxylic acid groups (broad SMARTS) is 1. The largest absolute Gasteiger partial charge is 1.00 e. The van der Waals surface area contributed by atoms with E-state index in [9.17, 15) is 9.59 Å². The van der Waals surface area contributed by atoms with E-state index in [1.807, 2.05) is 34.6 Å². The van der Waals surface area contributed by atoms with Gasteiger partial charge in [-0.2, -0.15) is 12.6 Å². The fourth-order valence-electron chi connectivity index (χ4n) is 3.89. The summed E-state index contributed by atoms with van der Waals surface area (Å²) in [5.74, 6) is 0.106. The number of hydrogen-bond donors (Lipinski definition) is 3. The zero-order valence-corrected chi connectivity index (χ0v) is 41.4. The molecule has 0 aromatic heterocycles. The van der Waals surface area contributed by atoms with Crippen molar-refractivity contribution in [2.45, 2.75) is 104 Å². The van der Waals surface area contributed by atoms with E-state index in [0.29, 0.717) is 57.7 Å². The van der Waals surface area contributed by atoms with Crippen LogP contribution >= 0.6 is 45.9 Å². The molecule has 0 aromatic carbocycles. The van der Waals surface area contributed by atoms with Crippen molar-refractivity contribution in [1.29, 1.82) is 0 Å². The Bertz CT molecular complexity index is 722. The van der Waals surface area contributed by atoms with Gasteiger partial charge in [0.1, 0.15) is 0 Å². The number of carbonyl (C=O) groups excluding carboxylic acids is 1. The van der Waals surface area contributed by atoms with Crippen LogP contribution in [0.1, 0.15) is 74.6 Å². The van der Waals surface area contributed by atoms with E-state index in [1.54, 1.807) is 6.29 Å². The van der Waals surface area contributed by atoms with Crippen molar-refractivity contribution < 1.29 is 86.6 Å². The summed E-state index contributed by atoms with van der Waals surface area (Å²) in [7, 11) is -2.22. The number of halogens is 3. The maximum absolute atomic E-state index is 10.2. The number of thiol groups is 1. The fourth-order valence-corrected chi connectivity index (χ4v) is 12.9. The van der Waals surface area contributed by atoms with Crippen molar-refractivity contribution in [3.05, 3.63) is 0 Å². The SMILES string of the molecule is CCO[Si](C)(CCCS)OCC.CCO[Si](CCCN)(OCC)OCC.CO[Si](CCCC(=O)O)(OC)OC.O.O=[C+]CCC[Si](Cl)(Cl)Cl.[H-].[Na+]. The monoisotopic (exact) mass is 882 g/mol. The zero-order valence-electron chi connectivity index (χ0n) is 33.2. The molecule has 0 fully saturated rings. The van der Waals surface area contributed by atoms with Crippen molar-refractivity contribution in [2.75, 3.05) is 66.7 Å². The summed E-state index contributed by atoms with van der Waals surface area (Å²) in [5.41, 5.74) is 5.48. The average molecular weight is 885 g/mol. The summed E-state index contributed by atoms with van der Waals surface area (Å²) in [6, 6.07) is 0.495. The Morgan fingerprint density at radius 2 is 1.16 bits per heavy atom. The topological polar surface area (TPSA) is 186 Å². The van der Waals surface area contributed by atoms with Crippen LogP contribution in [0, 0.1) is 0 Å². The smallest absolute Gasteiger partial charge is 1.00 e. The molecule has 300 valence electrons. The molecular formula is C28H68Cl3NNaO12SSi4+. The summed E-state index contributed by atoms with van der Waals surface area (Å²) in [6.07, 6.45) is 5.37. The molecule has 22 heteroatoms. The second kappa shape index (κ2) is 41.9. The Hall–Kier alpha value is 1.74. The van der Waals surface area contributed by atoms with Gasteiger partial charge in [-0.15, -0.1) is 33.2 Å². The first-order valence-corrected chi connectivity index (χ1v) is 28.6. The summed E-state index contributed by atoms with van der Waals surface area (Å²) in [5, 5.41) is 8.42. The van der Waals surface area contributed by atoms with Gasteiger partial charge < -0.3 is 53.2 Å². The summed E-state index contributed by atoms with van der Waals surface area (Å²) >= 11 is 20.7. The van der Waals surface area contributed by atoms with Gasteiger partial charge in [-0.25, -0.2) is 0 Å². The summed E-state index contributed by atoms with van der Waals surface area (Å²) in [6.45, 7) is 16.1. The van der Waals surface area contributed by atoms with Crippen LogP contribution in [0.4, 0.5) is 0 Å². The van der Waals surface area contributed by atoms with Gasteiger partial charge in [-0.1, -0.05) is 0 Å². The van der Waals surface area contributed by atoms with E-state index in [1.165, 1.54) is 21.3 Å². The van der Waals surface area contributed by atoms with Gasteiger partial charge in [0.2, 0.25) is 6.42 Å². The second-order valence-electron chi connectivity index (χ2n) is 9.86. The van der Waals surface area contributed by atoms with Gasteiger partial charge >= 0.3 is 74.0 Å². The first kappa shape index (κ1) is 63.7. The van der Waals surface area contributed by atoms with Gasteiger partial charge in [-0.05, 0) is 84.8 Å². The normalized spacial score (nSPS) is 11.2. The number of rotatable bonds is 27. The third-order valence-electron chi connectivity index (χ3n) is 6.01. The van der Waals surface area contributed by atoms with Crippen molar-refractivity contribution in [3.63, 3.8) is 0 Å². The average Bonchev–Trinajstić information content (AvgIpc) is 3.02. The molecule has 5 N–H and O–H groups in total. The van der Waals surface area contributed by atoms with Crippen molar-refractivity contribution >= 4 is 90.3 Å². The van der Waals surface area contributed by atoms with Crippen molar-refractivity contribution in [2.24, 2.45) is 5.73 Å². The van der Waals surface area contributed by atoms with Crippen molar-refractivity contribution in [1.82, 2.24) is 0 Å². The molecule has 0 atom stereocenters. The molecule has 13 nitrogen and oxygen atoms in total. The molecule has 0 spiro atoms. The predicted molar refractivity (Wildman–Crippen MR) is 213 cm³/mol. The maximum atomic E-state index is 10.2. The Morgan fingerprint density at radius 1 is 0.740 bits per heavy atom. The number of nitrogens with two attached hydrogens (primary N) is 1. The molecule has 0 bridgehead atoms. The third kappa shape index (κ3) is 40.9. The Kier molecular flexibility index (Phi) is 53.3. The van der Waals surface area contributed by atoms with E-state index < -0.39 is 38.1 Å². The number of aliphatic carboxylic acids is 1. The number of hydrogen-bond acceptors (Lipinski definition) is 12. The first-order chi connectivity index (χ1) is 22.6. The molecule has 0 saturated heterocycles. The van der Waals surface area contributed by atoms with Crippen LogP contribution in [0.5, 0.6) is 0 Å². The molecule has 50 heavy (non-hydrogen) atoms.